The summed E-state index contributed by atoms with van der Waals surface area (Å²) in [6, 6.07) is 6.35. The number of methoxy groups -OCH3 is 1. The van der Waals surface area contributed by atoms with E-state index in [2.05, 4.69) is 5.32 Å². The Kier molecular flexibility index (Phi) is 7.18. The number of nitro benzene ring substituents is 1. The average Bonchev–Trinajstić information content (AvgIpc) is 2.45. The molecule has 1 aromatic rings. The number of nitrogens with one attached hydrogen (secondary N) is 1. The number of nitrogens with zero attached hydrogens (tertiary/aromatic N) is 1. The number of rotatable bonds is 8. The van der Waals surface area contributed by atoms with Gasteiger partial charge in [-0.05, 0) is 12.5 Å². The minimum Gasteiger partial charge on any atom is -0.468 e. The highest BCUT2D eigenvalue weighted by Crippen LogP contribution is 2.29. The molecule has 0 aromatic heterocycles. The molecule has 6 nitrogen and oxygen atoms in total. The number of hydrogen-bond donors (Lipinski definition) is 1. The molecule has 1 N–H and O–H groups in total. The second-order valence-corrected chi connectivity index (χ2v) is 5.90. The van der Waals surface area contributed by atoms with Crippen LogP contribution in [0.2, 0.25) is 0 Å². The highest BCUT2D eigenvalue weighted by Gasteiger charge is 2.20. The maximum atomic E-state index is 11.7. The predicted molar refractivity (Wildman–Crippen MR) is 82.5 cm³/mol. The molecule has 0 bridgehead atoms. The first-order chi connectivity index (χ1) is 9.95. The van der Waals surface area contributed by atoms with E-state index in [1.165, 1.54) is 24.9 Å². The molecule has 1 aromatic carbocycles. The highest BCUT2D eigenvalue weighted by atomic mass is 32.2. The van der Waals surface area contributed by atoms with E-state index < -0.39 is 11.0 Å². The fourth-order valence-electron chi connectivity index (χ4n) is 1.83. The van der Waals surface area contributed by atoms with Crippen LogP contribution in [-0.4, -0.2) is 35.8 Å². The normalized spacial score (nSPS) is 12.2. The van der Waals surface area contributed by atoms with Crippen molar-refractivity contribution in [3.63, 3.8) is 0 Å². The summed E-state index contributed by atoms with van der Waals surface area (Å²) in [4.78, 5) is 22.8. The van der Waals surface area contributed by atoms with Crippen LogP contribution in [-0.2, 0) is 9.53 Å². The summed E-state index contributed by atoms with van der Waals surface area (Å²) in [5, 5.41) is 14.1. The maximum absolute atomic E-state index is 11.7. The van der Waals surface area contributed by atoms with Gasteiger partial charge in [0.05, 0.1) is 16.9 Å². The van der Waals surface area contributed by atoms with Gasteiger partial charge in [0.25, 0.3) is 5.69 Å². The fourth-order valence-corrected chi connectivity index (χ4v) is 2.87. The zero-order chi connectivity index (χ0) is 15.8. The van der Waals surface area contributed by atoms with E-state index in [4.69, 9.17) is 4.74 Å². The lowest BCUT2D eigenvalue weighted by Crippen LogP contribution is -2.41. The molecule has 0 aliphatic carbocycles. The van der Waals surface area contributed by atoms with Crippen molar-refractivity contribution in [1.82, 2.24) is 5.32 Å². The van der Waals surface area contributed by atoms with Crippen molar-refractivity contribution >= 4 is 23.4 Å². The quantitative estimate of drug-likeness (QED) is 0.344. The van der Waals surface area contributed by atoms with Crippen LogP contribution in [0.5, 0.6) is 0 Å². The van der Waals surface area contributed by atoms with Gasteiger partial charge in [0.2, 0.25) is 0 Å². The molecule has 0 aliphatic rings. The number of benzene rings is 1. The highest BCUT2D eigenvalue weighted by molar-refractivity contribution is 7.99. The fraction of sp³-hybridized carbons (Fsp3) is 0.500. The minimum absolute atomic E-state index is 0.0916. The first-order valence-electron chi connectivity index (χ1n) is 6.65. The Balaban J connectivity index is 2.62. The molecule has 0 spiro atoms. The summed E-state index contributed by atoms with van der Waals surface area (Å²) in [6.07, 6.45) is 0.543. The molecule has 0 saturated carbocycles. The summed E-state index contributed by atoms with van der Waals surface area (Å²) >= 11 is 1.37. The van der Waals surface area contributed by atoms with Gasteiger partial charge in [-0.3, -0.25) is 14.9 Å². The van der Waals surface area contributed by atoms with E-state index in [1.807, 2.05) is 13.8 Å². The molecular formula is C14H20N2O4S. The molecule has 1 unspecified atom stereocenters. The number of para-hydroxylation sites is 1. The summed E-state index contributed by atoms with van der Waals surface area (Å²) in [6.45, 7) is 3.90. The van der Waals surface area contributed by atoms with Gasteiger partial charge in [0.15, 0.2) is 0 Å². The molecule has 1 rings (SSSR count). The third-order valence-electron chi connectivity index (χ3n) is 2.75. The lowest BCUT2D eigenvalue weighted by Gasteiger charge is -2.18. The Bertz CT molecular complexity index is 494. The van der Waals surface area contributed by atoms with Gasteiger partial charge in [-0.1, -0.05) is 26.0 Å². The number of hydrogen-bond acceptors (Lipinski definition) is 6. The van der Waals surface area contributed by atoms with Crippen molar-refractivity contribution in [3.05, 3.63) is 34.4 Å². The lowest BCUT2D eigenvalue weighted by molar-refractivity contribution is -0.387. The summed E-state index contributed by atoms with van der Waals surface area (Å²) in [5.74, 6) is 0.275. The van der Waals surface area contributed by atoms with Crippen LogP contribution < -0.4 is 5.32 Å². The van der Waals surface area contributed by atoms with Crippen molar-refractivity contribution in [1.29, 1.82) is 0 Å². The zero-order valence-corrected chi connectivity index (χ0v) is 13.2. The monoisotopic (exact) mass is 312 g/mol. The first kappa shape index (κ1) is 17.5. The largest absolute Gasteiger partial charge is 0.468 e. The van der Waals surface area contributed by atoms with Gasteiger partial charge in [0.1, 0.15) is 6.04 Å². The van der Waals surface area contributed by atoms with E-state index in [0.717, 1.165) is 0 Å². The standard InChI is InChI=1S/C14H20N2O4S/c1-10(2)15-11(14(17)20-3)8-9-21-13-7-5-4-6-12(13)16(18)19/h4-7,10-11,15H,8-9H2,1-3H3. The van der Waals surface area contributed by atoms with E-state index in [-0.39, 0.29) is 17.7 Å². The molecule has 1 atom stereocenters. The molecule has 116 valence electrons. The third kappa shape index (κ3) is 5.73. The van der Waals surface area contributed by atoms with Gasteiger partial charge < -0.3 is 10.1 Å². The molecule has 0 fully saturated rings. The topological polar surface area (TPSA) is 81.5 Å². The van der Waals surface area contributed by atoms with Crippen molar-refractivity contribution in [2.24, 2.45) is 0 Å². The van der Waals surface area contributed by atoms with Crippen molar-refractivity contribution in [2.75, 3.05) is 12.9 Å². The Labute approximate surface area is 128 Å². The number of nitro groups is 1. The number of carbonyl (C=O) groups is 1. The van der Waals surface area contributed by atoms with E-state index in [1.54, 1.807) is 18.2 Å². The summed E-state index contributed by atoms with van der Waals surface area (Å²) in [5.41, 5.74) is 0.0916. The average molecular weight is 312 g/mol. The van der Waals surface area contributed by atoms with Crippen LogP contribution in [0.15, 0.2) is 29.2 Å². The Morgan fingerprint density at radius 3 is 2.67 bits per heavy atom. The lowest BCUT2D eigenvalue weighted by atomic mass is 10.2. The molecule has 0 heterocycles. The van der Waals surface area contributed by atoms with Crippen LogP contribution in [0.4, 0.5) is 5.69 Å². The Hall–Kier alpha value is -1.60. The van der Waals surface area contributed by atoms with E-state index in [9.17, 15) is 14.9 Å². The third-order valence-corrected chi connectivity index (χ3v) is 3.84. The van der Waals surface area contributed by atoms with Crippen molar-refractivity contribution in [3.8, 4) is 0 Å². The second kappa shape index (κ2) is 8.63. The molecule has 21 heavy (non-hydrogen) atoms. The predicted octanol–water partition coefficient (Wildman–Crippen LogP) is 2.62. The van der Waals surface area contributed by atoms with Gasteiger partial charge in [-0.25, -0.2) is 0 Å². The minimum atomic E-state index is -0.398. The van der Waals surface area contributed by atoms with Gasteiger partial charge in [0, 0.05) is 17.9 Å². The molecule has 7 heteroatoms. The molecule has 0 saturated heterocycles. The molecule has 0 amide bonds. The summed E-state index contributed by atoms with van der Waals surface area (Å²) < 4.78 is 4.76. The van der Waals surface area contributed by atoms with Crippen LogP contribution >= 0.6 is 11.8 Å². The van der Waals surface area contributed by atoms with Crippen molar-refractivity contribution in [2.45, 2.75) is 37.2 Å². The van der Waals surface area contributed by atoms with Gasteiger partial charge in [-0.15, -0.1) is 11.8 Å². The van der Waals surface area contributed by atoms with E-state index >= 15 is 0 Å². The summed E-state index contributed by atoms with van der Waals surface area (Å²) in [7, 11) is 1.35. The Morgan fingerprint density at radius 1 is 1.43 bits per heavy atom. The van der Waals surface area contributed by atoms with Gasteiger partial charge >= 0.3 is 5.97 Å². The molecular weight excluding hydrogens is 292 g/mol. The number of thioether (sulfide) groups is 1. The maximum Gasteiger partial charge on any atom is 0.322 e. The number of ether oxygens (including phenoxy) is 1. The second-order valence-electron chi connectivity index (χ2n) is 4.76. The van der Waals surface area contributed by atoms with Crippen molar-refractivity contribution < 1.29 is 14.5 Å². The smallest absolute Gasteiger partial charge is 0.322 e. The van der Waals surface area contributed by atoms with Gasteiger partial charge in [-0.2, -0.15) is 0 Å². The Morgan fingerprint density at radius 2 is 2.10 bits per heavy atom. The first-order valence-corrected chi connectivity index (χ1v) is 7.64. The van der Waals surface area contributed by atoms with E-state index in [0.29, 0.717) is 17.1 Å². The zero-order valence-electron chi connectivity index (χ0n) is 12.4. The SMILES string of the molecule is COC(=O)C(CCSc1ccccc1[N+](=O)[O-])NC(C)C. The molecule has 0 radical (unpaired) electrons. The van der Waals surface area contributed by atoms with Crippen LogP contribution in [0, 0.1) is 10.1 Å². The van der Waals surface area contributed by atoms with Crippen LogP contribution in [0.25, 0.3) is 0 Å². The molecule has 0 aliphatic heterocycles. The van der Waals surface area contributed by atoms with Crippen LogP contribution in [0.3, 0.4) is 0 Å². The number of carbonyl (C=O) groups excluding carboxylic acids is 1. The number of esters is 1. The van der Waals surface area contributed by atoms with Crippen LogP contribution in [0.1, 0.15) is 20.3 Å².